The smallest absolute Gasteiger partial charge is 0.416 e. The summed E-state index contributed by atoms with van der Waals surface area (Å²) >= 11 is 3.62. The maximum atomic E-state index is 14.0. The van der Waals surface area contributed by atoms with Crippen LogP contribution in [0.4, 0.5) is 24.5 Å². The molecule has 3 aromatic carbocycles. The summed E-state index contributed by atoms with van der Waals surface area (Å²) in [7, 11) is 0. The number of nitrogens with zero attached hydrogens (tertiary/aromatic N) is 2. The molecule has 1 aliphatic carbocycles. The number of aromatic amines is 1. The van der Waals surface area contributed by atoms with E-state index in [0.29, 0.717) is 31.4 Å². The molecule has 2 aliphatic rings. The molecule has 2 heterocycles. The molecule has 1 fully saturated rings. The van der Waals surface area contributed by atoms with Crippen molar-refractivity contribution >= 4 is 50.0 Å². The molecule has 0 saturated heterocycles. The summed E-state index contributed by atoms with van der Waals surface area (Å²) in [6.07, 6.45) is -0.524. The number of carbonyl (C=O) groups is 2. The van der Waals surface area contributed by atoms with Crippen LogP contribution in [0, 0.1) is 0 Å². The van der Waals surface area contributed by atoms with Crippen molar-refractivity contribution in [3.63, 3.8) is 0 Å². The summed E-state index contributed by atoms with van der Waals surface area (Å²) in [5.41, 5.74) is 0.722. The van der Waals surface area contributed by atoms with E-state index in [9.17, 15) is 22.8 Å². The summed E-state index contributed by atoms with van der Waals surface area (Å²) in [5, 5.41) is 10.4. The number of ether oxygens (including phenoxy) is 1. The number of benzene rings is 3. The lowest BCUT2D eigenvalue weighted by Crippen LogP contribution is -2.46. The number of hydrogen-bond donors (Lipinski definition) is 2. The van der Waals surface area contributed by atoms with Gasteiger partial charge in [0.05, 0.1) is 28.8 Å². The first-order valence-electron chi connectivity index (χ1n) is 12.8. The highest BCUT2D eigenvalue weighted by atomic mass is 79.9. The van der Waals surface area contributed by atoms with Crippen molar-refractivity contribution in [1.82, 2.24) is 10.2 Å². The maximum Gasteiger partial charge on any atom is 0.416 e. The second kappa shape index (κ2) is 9.96. The number of carbonyl (C=O) groups excluding carboxylic acids is 2. The van der Waals surface area contributed by atoms with E-state index < -0.39 is 23.1 Å². The molecule has 1 aliphatic heterocycles. The Morgan fingerprint density at radius 3 is 2.67 bits per heavy atom. The van der Waals surface area contributed by atoms with Gasteiger partial charge in [-0.1, -0.05) is 28.1 Å². The number of H-pyrrole nitrogens is 1. The van der Waals surface area contributed by atoms with Crippen LogP contribution < -0.4 is 15.0 Å². The average molecular weight is 613 g/mol. The largest absolute Gasteiger partial charge is 0.490 e. The molecule has 1 aromatic heterocycles. The number of anilines is 2. The number of fused-ring (bicyclic) bond motifs is 3. The molecular formula is C29H24BrF3N4O3. The van der Waals surface area contributed by atoms with Gasteiger partial charge < -0.3 is 15.0 Å². The van der Waals surface area contributed by atoms with E-state index in [2.05, 4.69) is 31.4 Å². The fraction of sp³-hybridized carbons (Fsp3) is 0.276. The van der Waals surface area contributed by atoms with Gasteiger partial charge >= 0.3 is 6.18 Å². The van der Waals surface area contributed by atoms with E-state index in [-0.39, 0.29) is 24.2 Å². The molecule has 11 heteroatoms. The Balaban J connectivity index is 1.19. The molecule has 2 amide bonds. The van der Waals surface area contributed by atoms with Gasteiger partial charge in [-0.05, 0) is 74.2 Å². The van der Waals surface area contributed by atoms with Crippen LogP contribution in [0.3, 0.4) is 0 Å². The molecule has 7 nitrogen and oxygen atoms in total. The molecule has 0 unspecified atom stereocenters. The summed E-state index contributed by atoms with van der Waals surface area (Å²) < 4.78 is 46.4. The van der Waals surface area contributed by atoms with Crippen molar-refractivity contribution in [2.45, 2.75) is 43.4 Å². The highest BCUT2D eigenvalue weighted by molar-refractivity contribution is 9.10. The summed E-state index contributed by atoms with van der Waals surface area (Å²) in [6, 6.07) is 15.6. The van der Waals surface area contributed by atoms with Crippen molar-refractivity contribution in [3.8, 4) is 5.75 Å². The summed E-state index contributed by atoms with van der Waals surface area (Å²) in [5.74, 6) is -0.0313. The molecular weight excluding hydrogens is 589 g/mol. The Morgan fingerprint density at radius 2 is 1.90 bits per heavy atom. The number of hydrogen-bond acceptors (Lipinski definition) is 4. The second-order valence-corrected chi connectivity index (χ2v) is 11.0. The zero-order chi connectivity index (χ0) is 28.1. The predicted octanol–water partition coefficient (Wildman–Crippen LogP) is 6.59. The zero-order valence-corrected chi connectivity index (χ0v) is 22.7. The highest BCUT2D eigenvalue weighted by Crippen LogP contribution is 2.53. The Kier molecular flexibility index (Phi) is 6.56. The fourth-order valence-corrected chi connectivity index (χ4v) is 6.55. The molecule has 206 valence electrons. The molecule has 0 radical (unpaired) electrons. The fourth-order valence-electron chi connectivity index (χ4n) is 5.81. The van der Waals surface area contributed by atoms with E-state index >= 15 is 0 Å². The normalized spacial score (nSPS) is 20.6. The van der Waals surface area contributed by atoms with Crippen molar-refractivity contribution in [3.05, 3.63) is 82.5 Å². The first-order valence-corrected chi connectivity index (χ1v) is 13.6. The minimum absolute atomic E-state index is 0.0157. The molecule has 2 N–H and O–H groups in total. The summed E-state index contributed by atoms with van der Waals surface area (Å²) in [4.78, 5) is 28.4. The third-order valence-corrected chi connectivity index (χ3v) is 8.35. The molecule has 0 atom stereocenters. The first kappa shape index (κ1) is 26.4. The van der Waals surface area contributed by atoms with Crippen LogP contribution in [0.5, 0.6) is 5.75 Å². The van der Waals surface area contributed by atoms with Gasteiger partial charge in [0.1, 0.15) is 12.3 Å². The molecule has 0 bridgehead atoms. The van der Waals surface area contributed by atoms with Gasteiger partial charge in [0.15, 0.2) is 0 Å². The molecule has 40 heavy (non-hydrogen) atoms. The van der Waals surface area contributed by atoms with E-state index in [1.165, 1.54) is 17.0 Å². The summed E-state index contributed by atoms with van der Waals surface area (Å²) in [6.45, 7) is -0.315. The first-order chi connectivity index (χ1) is 19.1. The molecule has 6 rings (SSSR count). The van der Waals surface area contributed by atoms with Gasteiger partial charge in [0.25, 0.3) is 0 Å². The van der Waals surface area contributed by atoms with Crippen LogP contribution >= 0.6 is 15.9 Å². The van der Waals surface area contributed by atoms with Crippen LogP contribution in [-0.2, 0) is 21.2 Å². The Morgan fingerprint density at radius 1 is 1.12 bits per heavy atom. The lowest BCUT2D eigenvalue weighted by molar-refractivity contribution is -0.137. The number of halogens is 4. The molecule has 4 aromatic rings. The number of amides is 2. The van der Waals surface area contributed by atoms with Crippen molar-refractivity contribution in [2.24, 2.45) is 0 Å². The van der Waals surface area contributed by atoms with Gasteiger partial charge in [-0.2, -0.15) is 18.3 Å². The topological polar surface area (TPSA) is 87.3 Å². The van der Waals surface area contributed by atoms with Crippen LogP contribution in [-0.4, -0.2) is 34.7 Å². The van der Waals surface area contributed by atoms with Gasteiger partial charge in [0, 0.05) is 26.8 Å². The van der Waals surface area contributed by atoms with Gasteiger partial charge in [0.2, 0.25) is 11.8 Å². The minimum atomic E-state index is -4.53. The standard InChI is InChI=1S/C29H24BrF3N4O3/c30-22-5-2-6-24-26(22)28(11-9-20(10-12-28)40-21-7-8-23-17(13-21)15-34-36-23)27(39)37(24)16-25(38)35-19-4-1-3-18(14-19)29(31,32)33/h1-8,13-15,20H,9-12,16H2,(H,34,36)(H,35,38). The minimum Gasteiger partial charge on any atom is -0.490 e. The van der Waals surface area contributed by atoms with Crippen LogP contribution in [0.25, 0.3) is 10.9 Å². The number of alkyl halides is 3. The average Bonchev–Trinajstić information content (AvgIpc) is 3.47. The van der Waals surface area contributed by atoms with Crippen molar-refractivity contribution in [2.75, 3.05) is 16.8 Å². The zero-order valence-electron chi connectivity index (χ0n) is 21.1. The SMILES string of the molecule is O=C(CN1C(=O)C2(CCC(Oc3ccc4[nH]ncc4c3)CC2)c2c(Br)cccc21)Nc1cccc(C(F)(F)F)c1. The predicted molar refractivity (Wildman–Crippen MR) is 147 cm³/mol. The highest BCUT2D eigenvalue weighted by Gasteiger charge is 2.53. The van der Waals surface area contributed by atoms with E-state index in [1.54, 1.807) is 18.3 Å². The van der Waals surface area contributed by atoms with E-state index in [4.69, 9.17) is 4.74 Å². The van der Waals surface area contributed by atoms with Gasteiger partial charge in [-0.3, -0.25) is 14.7 Å². The monoisotopic (exact) mass is 612 g/mol. The van der Waals surface area contributed by atoms with E-state index in [0.717, 1.165) is 38.8 Å². The van der Waals surface area contributed by atoms with Gasteiger partial charge in [-0.15, -0.1) is 0 Å². The number of aromatic nitrogens is 2. The lowest BCUT2D eigenvalue weighted by atomic mass is 9.69. The quantitative estimate of drug-likeness (QED) is 0.266. The van der Waals surface area contributed by atoms with Gasteiger partial charge in [-0.25, -0.2) is 0 Å². The molecule has 1 spiro atoms. The third kappa shape index (κ3) is 4.72. The van der Waals surface area contributed by atoms with Crippen molar-refractivity contribution < 1.29 is 27.5 Å². The van der Waals surface area contributed by atoms with Crippen LogP contribution in [0.2, 0.25) is 0 Å². The van der Waals surface area contributed by atoms with Crippen LogP contribution in [0.15, 0.2) is 71.3 Å². The van der Waals surface area contributed by atoms with Crippen LogP contribution in [0.1, 0.15) is 36.8 Å². The lowest BCUT2D eigenvalue weighted by Gasteiger charge is -2.36. The Bertz CT molecular complexity index is 1610. The number of rotatable bonds is 5. The number of nitrogens with one attached hydrogen (secondary N) is 2. The Hall–Kier alpha value is -3.86. The van der Waals surface area contributed by atoms with E-state index in [1.807, 2.05) is 24.3 Å². The third-order valence-electron chi connectivity index (χ3n) is 7.69. The molecule has 1 saturated carbocycles. The Labute approximate surface area is 235 Å². The van der Waals surface area contributed by atoms with Crippen molar-refractivity contribution in [1.29, 1.82) is 0 Å². The maximum absolute atomic E-state index is 14.0. The second-order valence-electron chi connectivity index (χ2n) is 10.2.